The van der Waals surface area contributed by atoms with E-state index in [2.05, 4.69) is 6.08 Å². The van der Waals surface area contributed by atoms with Crippen LogP contribution in [0.1, 0.15) is 26.2 Å². The zero-order valence-corrected chi connectivity index (χ0v) is 8.38. The van der Waals surface area contributed by atoms with Crippen LogP contribution < -0.4 is 0 Å². The Labute approximate surface area is 82.9 Å². The molecule has 0 aliphatic heterocycles. The number of fused-ring (bicyclic) bond motifs is 2. The standard InChI is InChI=1S/C10H13ClO2/c1-6(12)13-10-8-3-2-7(4-8)5-9(10)11/h5,7-8,10H,2-4H2,1H3. The van der Waals surface area contributed by atoms with E-state index >= 15 is 0 Å². The van der Waals surface area contributed by atoms with Gasteiger partial charge in [-0.25, -0.2) is 0 Å². The SMILES string of the molecule is CC(=O)OC1C(Cl)=CC2CCC1C2. The zero-order valence-electron chi connectivity index (χ0n) is 7.63. The number of ether oxygens (including phenoxy) is 1. The maximum absolute atomic E-state index is 10.8. The summed E-state index contributed by atoms with van der Waals surface area (Å²) >= 11 is 6.04. The van der Waals surface area contributed by atoms with Crippen LogP contribution in [0.15, 0.2) is 11.1 Å². The zero-order chi connectivity index (χ0) is 9.42. The second kappa shape index (κ2) is 3.33. The van der Waals surface area contributed by atoms with Crippen LogP contribution in [-0.4, -0.2) is 12.1 Å². The molecule has 72 valence electrons. The largest absolute Gasteiger partial charge is 0.456 e. The highest BCUT2D eigenvalue weighted by molar-refractivity contribution is 6.30. The Bertz CT molecular complexity index is 260. The van der Waals surface area contributed by atoms with Gasteiger partial charge >= 0.3 is 5.97 Å². The van der Waals surface area contributed by atoms with Crippen molar-refractivity contribution in [2.75, 3.05) is 0 Å². The third-order valence-electron chi connectivity index (χ3n) is 2.90. The quantitative estimate of drug-likeness (QED) is 0.608. The van der Waals surface area contributed by atoms with E-state index in [-0.39, 0.29) is 12.1 Å². The molecule has 0 N–H and O–H groups in total. The van der Waals surface area contributed by atoms with Crippen molar-refractivity contribution in [2.45, 2.75) is 32.3 Å². The molecule has 0 saturated heterocycles. The lowest BCUT2D eigenvalue weighted by Gasteiger charge is -2.26. The van der Waals surface area contributed by atoms with Gasteiger partial charge in [-0.1, -0.05) is 17.7 Å². The van der Waals surface area contributed by atoms with Crippen LogP contribution in [0.25, 0.3) is 0 Å². The summed E-state index contributed by atoms with van der Waals surface area (Å²) in [4.78, 5) is 10.8. The Kier molecular flexibility index (Phi) is 2.33. The summed E-state index contributed by atoms with van der Waals surface area (Å²) in [5.74, 6) is 0.859. The molecule has 0 spiro atoms. The Morgan fingerprint density at radius 2 is 2.38 bits per heavy atom. The summed E-state index contributed by atoms with van der Waals surface area (Å²) in [6.45, 7) is 1.44. The smallest absolute Gasteiger partial charge is 0.303 e. The van der Waals surface area contributed by atoms with E-state index in [4.69, 9.17) is 16.3 Å². The fraction of sp³-hybridized carbons (Fsp3) is 0.700. The molecule has 0 radical (unpaired) electrons. The van der Waals surface area contributed by atoms with Crippen LogP contribution >= 0.6 is 11.6 Å². The van der Waals surface area contributed by atoms with Crippen molar-refractivity contribution in [3.05, 3.63) is 11.1 Å². The second-order valence-electron chi connectivity index (χ2n) is 3.91. The van der Waals surface area contributed by atoms with Crippen LogP contribution in [0.2, 0.25) is 0 Å². The monoisotopic (exact) mass is 200 g/mol. The molecule has 2 nitrogen and oxygen atoms in total. The number of hydrogen-bond acceptors (Lipinski definition) is 2. The van der Waals surface area contributed by atoms with Gasteiger partial charge in [-0.05, 0) is 25.2 Å². The normalized spacial score (nSPS) is 37.1. The number of allylic oxidation sites excluding steroid dienone is 1. The highest BCUT2D eigenvalue weighted by Crippen LogP contribution is 2.43. The fourth-order valence-corrected chi connectivity index (χ4v) is 2.76. The first-order chi connectivity index (χ1) is 6.16. The minimum Gasteiger partial charge on any atom is -0.456 e. The summed E-state index contributed by atoms with van der Waals surface area (Å²) in [6, 6.07) is 0. The first kappa shape index (κ1) is 9.07. The average Bonchev–Trinajstić information content (AvgIpc) is 2.42. The van der Waals surface area contributed by atoms with Crippen LogP contribution in [0.4, 0.5) is 0 Å². The van der Waals surface area contributed by atoms with Crippen molar-refractivity contribution < 1.29 is 9.53 Å². The molecule has 13 heavy (non-hydrogen) atoms. The van der Waals surface area contributed by atoms with Gasteiger partial charge in [0.2, 0.25) is 0 Å². The summed E-state index contributed by atoms with van der Waals surface area (Å²) in [5, 5.41) is 0.731. The molecule has 3 heteroatoms. The van der Waals surface area contributed by atoms with Crippen LogP contribution in [0, 0.1) is 11.8 Å². The Hall–Kier alpha value is -0.500. The van der Waals surface area contributed by atoms with E-state index in [1.807, 2.05) is 0 Å². The molecule has 0 aromatic heterocycles. The van der Waals surface area contributed by atoms with E-state index in [0.29, 0.717) is 11.8 Å². The summed E-state index contributed by atoms with van der Waals surface area (Å²) in [5.41, 5.74) is 0. The molecule has 3 atom stereocenters. The highest BCUT2D eigenvalue weighted by Gasteiger charge is 2.38. The Morgan fingerprint density at radius 3 is 3.08 bits per heavy atom. The molecule has 0 aromatic rings. The second-order valence-corrected chi connectivity index (χ2v) is 4.35. The van der Waals surface area contributed by atoms with Crippen molar-refractivity contribution in [1.82, 2.24) is 0 Å². The molecule has 1 saturated carbocycles. The van der Waals surface area contributed by atoms with Gasteiger partial charge in [-0.15, -0.1) is 0 Å². The minimum atomic E-state index is -0.234. The van der Waals surface area contributed by atoms with E-state index in [1.54, 1.807) is 0 Å². The van der Waals surface area contributed by atoms with E-state index in [1.165, 1.54) is 13.3 Å². The molecule has 2 bridgehead atoms. The maximum Gasteiger partial charge on any atom is 0.303 e. The summed E-state index contributed by atoms with van der Waals surface area (Å²) in [7, 11) is 0. The molecule has 3 unspecified atom stereocenters. The predicted octanol–water partition coefficient (Wildman–Crippen LogP) is 2.47. The van der Waals surface area contributed by atoms with Crippen molar-refractivity contribution in [1.29, 1.82) is 0 Å². The van der Waals surface area contributed by atoms with Crippen molar-refractivity contribution in [2.24, 2.45) is 11.8 Å². The van der Waals surface area contributed by atoms with Gasteiger partial charge in [-0.2, -0.15) is 0 Å². The van der Waals surface area contributed by atoms with Crippen LogP contribution in [-0.2, 0) is 9.53 Å². The van der Waals surface area contributed by atoms with Gasteiger partial charge in [0, 0.05) is 12.8 Å². The molecular formula is C10H13ClO2. The molecule has 2 aliphatic rings. The first-order valence-corrected chi connectivity index (χ1v) is 5.09. The molecule has 0 heterocycles. The molecule has 2 aliphatic carbocycles. The maximum atomic E-state index is 10.8. The Morgan fingerprint density at radius 1 is 1.62 bits per heavy atom. The number of esters is 1. The lowest BCUT2D eigenvalue weighted by molar-refractivity contribution is -0.146. The minimum absolute atomic E-state index is 0.155. The van der Waals surface area contributed by atoms with Crippen molar-refractivity contribution in [3.63, 3.8) is 0 Å². The number of halogens is 1. The number of carbonyl (C=O) groups excluding carboxylic acids is 1. The predicted molar refractivity (Wildman–Crippen MR) is 50.3 cm³/mol. The van der Waals surface area contributed by atoms with Gasteiger partial charge < -0.3 is 4.74 Å². The van der Waals surface area contributed by atoms with Crippen LogP contribution in [0.5, 0.6) is 0 Å². The fourth-order valence-electron chi connectivity index (χ4n) is 2.36. The molecule has 1 fully saturated rings. The topological polar surface area (TPSA) is 26.3 Å². The van der Waals surface area contributed by atoms with Gasteiger partial charge in [0.05, 0.1) is 5.03 Å². The summed E-state index contributed by atoms with van der Waals surface area (Å²) in [6.07, 6.45) is 5.36. The first-order valence-electron chi connectivity index (χ1n) is 4.71. The molecular weight excluding hydrogens is 188 g/mol. The lowest BCUT2D eigenvalue weighted by atomic mass is 9.93. The summed E-state index contributed by atoms with van der Waals surface area (Å²) < 4.78 is 5.19. The van der Waals surface area contributed by atoms with Gasteiger partial charge in [0.15, 0.2) is 0 Å². The Balaban J connectivity index is 2.13. The van der Waals surface area contributed by atoms with E-state index in [9.17, 15) is 4.79 Å². The van der Waals surface area contributed by atoms with E-state index in [0.717, 1.165) is 17.9 Å². The van der Waals surface area contributed by atoms with Crippen LogP contribution in [0.3, 0.4) is 0 Å². The van der Waals surface area contributed by atoms with Gasteiger partial charge in [0.25, 0.3) is 0 Å². The van der Waals surface area contributed by atoms with Crippen molar-refractivity contribution in [3.8, 4) is 0 Å². The third-order valence-corrected chi connectivity index (χ3v) is 3.24. The average molecular weight is 201 g/mol. The molecule has 0 aromatic carbocycles. The molecule has 0 amide bonds. The van der Waals surface area contributed by atoms with Gasteiger partial charge in [-0.3, -0.25) is 4.79 Å². The van der Waals surface area contributed by atoms with Gasteiger partial charge in [0.1, 0.15) is 6.10 Å². The number of carbonyl (C=O) groups is 1. The third kappa shape index (κ3) is 1.73. The lowest BCUT2D eigenvalue weighted by Crippen LogP contribution is -2.27. The van der Waals surface area contributed by atoms with Crippen molar-refractivity contribution >= 4 is 17.6 Å². The number of hydrogen-bond donors (Lipinski definition) is 0. The number of rotatable bonds is 1. The highest BCUT2D eigenvalue weighted by atomic mass is 35.5. The molecule has 2 rings (SSSR count). The van der Waals surface area contributed by atoms with E-state index < -0.39 is 0 Å².